The van der Waals surface area contributed by atoms with E-state index in [1.165, 1.54) is 0 Å². The molecule has 7 heteroatoms. The van der Waals surface area contributed by atoms with Gasteiger partial charge in [-0.1, -0.05) is 17.7 Å². The maximum atomic E-state index is 12.8. The second-order valence-corrected chi connectivity index (χ2v) is 7.65. The van der Waals surface area contributed by atoms with Gasteiger partial charge in [-0.25, -0.2) is 8.42 Å². The first-order chi connectivity index (χ1) is 11.0. The zero-order valence-corrected chi connectivity index (χ0v) is 14.1. The number of aryl methyl sites for hydroxylation is 2. The summed E-state index contributed by atoms with van der Waals surface area (Å²) in [7, 11) is -3.44. The van der Waals surface area contributed by atoms with Crippen molar-refractivity contribution < 1.29 is 8.42 Å². The Morgan fingerprint density at radius 1 is 1.04 bits per heavy atom. The van der Waals surface area contributed by atoms with Crippen molar-refractivity contribution >= 4 is 15.8 Å². The number of nitrogens with zero attached hydrogens (tertiary/aromatic N) is 4. The van der Waals surface area contributed by atoms with Gasteiger partial charge in [0.25, 0.3) is 0 Å². The van der Waals surface area contributed by atoms with Crippen molar-refractivity contribution in [3.05, 3.63) is 47.7 Å². The van der Waals surface area contributed by atoms with E-state index in [-0.39, 0.29) is 0 Å². The minimum absolute atomic E-state index is 0.399. The summed E-state index contributed by atoms with van der Waals surface area (Å²) in [6, 6.07) is 9.18. The van der Waals surface area contributed by atoms with Crippen molar-refractivity contribution in [2.24, 2.45) is 0 Å². The van der Waals surface area contributed by atoms with Gasteiger partial charge in [0.05, 0.1) is 4.90 Å². The number of rotatable bonds is 3. The average molecular weight is 332 g/mol. The summed E-state index contributed by atoms with van der Waals surface area (Å²) >= 11 is 0. The summed E-state index contributed by atoms with van der Waals surface area (Å²) in [5, 5.41) is 7.95. The third kappa shape index (κ3) is 3.20. The second-order valence-electron chi connectivity index (χ2n) is 5.74. The van der Waals surface area contributed by atoms with Crippen LogP contribution in [0, 0.1) is 13.8 Å². The number of aromatic nitrogens is 2. The summed E-state index contributed by atoms with van der Waals surface area (Å²) in [4.78, 5) is 2.46. The van der Waals surface area contributed by atoms with Crippen LogP contribution in [0.3, 0.4) is 0 Å². The Bertz CT molecular complexity index is 785. The van der Waals surface area contributed by atoms with E-state index in [1.54, 1.807) is 16.6 Å². The molecule has 6 nitrogen and oxygen atoms in total. The fraction of sp³-hybridized carbons (Fsp3) is 0.375. The predicted molar refractivity (Wildman–Crippen MR) is 88.9 cm³/mol. The first-order valence-corrected chi connectivity index (χ1v) is 9.02. The van der Waals surface area contributed by atoms with Crippen molar-refractivity contribution in [1.29, 1.82) is 0 Å². The van der Waals surface area contributed by atoms with Gasteiger partial charge in [-0.3, -0.25) is 0 Å². The molecule has 2 aromatic rings. The monoisotopic (exact) mass is 332 g/mol. The molecule has 1 aliphatic heterocycles. The molecule has 1 aliphatic rings. The molecule has 3 rings (SSSR count). The lowest BCUT2D eigenvalue weighted by Crippen LogP contribution is -2.49. The molecule has 1 aromatic carbocycles. The van der Waals surface area contributed by atoms with Gasteiger partial charge in [-0.2, -0.15) is 9.40 Å². The smallest absolute Gasteiger partial charge is 0.243 e. The largest absolute Gasteiger partial charge is 0.352 e. The average Bonchev–Trinajstić information content (AvgIpc) is 2.55. The van der Waals surface area contributed by atoms with Crippen LogP contribution in [0.4, 0.5) is 5.82 Å². The van der Waals surface area contributed by atoms with Crippen LogP contribution < -0.4 is 4.90 Å². The van der Waals surface area contributed by atoms with Crippen molar-refractivity contribution in [3.63, 3.8) is 0 Å². The van der Waals surface area contributed by atoms with E-state index in [0.29, 0.717) is 31.1 Å². The Kier molecular flexibility index (Phi) is 4.32. The fourth-order valence-electron chi connectivity index (χ4n) is 2.85. The number of benzene rings is 1. The van der Waals surface area contributed by atoms with Crippen LogP contribution in [0.15, 0.2) is 41.4 Å². The van der Waals surface area contributed by atoms with Gasteiger partial charge in [0.2, 0.25) is 10.0 Å². The summed E-state index contributed by atoms with van der Waals surface area (Å²) in [6.07, 6.45) is 1.63. The highest BCUT2D eigenvalue weighted by Gasteiger charge is 2.29. The van der Waals surface area contributed by atoms with Gasteiger partial charge in [0, 0.05) is 32.4 Å². The van der Waals surface area contributed by atoms with Crippen LogP contribution in [0.2, 0.25) is 0 Å². The van der Waals surface area contributed by atoms with Crippen LogP contribution in [0.1, 0.15) is 11.1 Å². The van der Waals surface area contributed by atoms with Crippen molar-refractivity contribution in [3.8, 4) is 0 Å². The predicted octanol–water partition coefficient (Wildman–Crippen LogP) is 1.60. The molecule has 122 valence electrons. The molecule has 0 N–H and O–H groups in total. The molecular formula is C16H20N4O2S. The quantitative estimate of drug-likeness (QED) is 0.854. The molecule has 1 saturated heterocycles. The molecule has 0 radical (unpaired) electrons. The van der Waals surface area contributed by atoms with Gasteiger partial charge in [-0.05, 0) is 37.6 Å². The Morgan fingerprint density at radius 3 is 2.39 bits per heavy atom. The number of sulfonamides is 1. The molecule has 0 atom stereocenters. The van der Waals surface area contributed by atoms with Crippen molar-refractivity contribution in [2.75, 3.05) is 31.1 Å². The topological polar surface area (TPSA) is 66.4 Å². The van der Waals surface area contributed by atoms with E-state index in [2.05, 4.69) is 15.1 Å². The highest BCUT2D eigenvalue weighted by Crippen LogP contribution is 2.23. The normalized spacial score (nSPS) is 16.5. The minimum Gasteiger partial charge on any atom is -0.352 e. The molecule has 23 heavy (non-hydrogen) atoms. The Morgan fingerprint density at radius 2 is 1.78 bits per heavy atom. The van der Waals surface area contributed by atoms with Gasteiger partial charge in [0.15, 0.2) is 5.82 Å². The summed E-state index contributed by atoms with van der Waals surface area (Å²) in [5.41, 5.74) is 1.86. The zero-order valence-electron chi connectivity index (χ0n) is 13.3. The van der Waals surface area contributed by atoms with E-state index in [4.69, 9.17) is 0 Å². The number of hydrogen-bond acceptors (Lipinski definition) is 5. The molecule has 0 aliphatic carbocycles. The standard InChI is InChI=1S/C16H20N4O2S/c1-13-5-6-15(14(2)12-13)23(21,22)20-10-8-19(9-11-20)16-4-3-7-17-18-16/h3-7,12H,8-11H2,1-2H3. The van der Waals surface area contributed by atoms with Crippen molar-refractivity contribution in [1.82, 2.24) is 14.5 Å². The van der Waals surface area contributed by atoms with Crippen LogP contribution in [0.5, 0.6) is 0 Å². The Balaban J connectivity index is 1.76. The summed E-state index contributed by atoms with van der Waals surface area (Å²) in [6.45, 7) is 5.93. The minimum atomic E-state index is -3.44. The van der Waals surface area contributed by atoms with Crippen LogP contribution >= 0.6 is 0 Å². The van der Waals surface area contributed by atoms with Gasteiger partial charge >= 0.3 is 0 Å². The summed E-state index contributed by atoms with van der Waals surface area (Å²) in [5.74, 6) is 0.788. The Labute approximate surface area is 136 Å². The molecule has 0 amide bonds. The Hall–Kier alpha value is -1.99. The third-order valence-electron chi connectivity index (χ3n) is 4.07. The highest BCUT2D eigenvalue weighted by molar-refractivity contribution is 7.89. The lowest BCUT2D eigenvalue weighted by molar-refractivity contribution is 0.383. The zero-order chi connectivity index (χ0) is 16.4. The number of piperazine rings is 1. The SMILES string of the molecule is Cc1ccc(S(=O)(=O)N2CCN(c3cccnn3)CC2)c(C)c1. The lowest BCUT2D eigenvalue weighted by Gasteiger charge is -2.34. The second kappa shape index (κ2) is 6.25. The van der Waals surface area contributed by atoms with E-state index in [0.717, 1.165) is 16.9 Å². The molecule has 0 unspecified atom stereocenters. The third-order valence-corrected chi connectivity index (χ3v) is 6.13. The maximum Gasteiger partial charge on any atom is 0.243 e. The van der Waals surface area contributed by atoms with E-state index >= 15 is 0 Å². The van der Waals surface area contributed by atoms with E-state index < -0.39 is 10.0 Å². The van der Waals surface area contributed by atoms with Crippen LogP contribution in [-0.2, 0) is 10.0 Å². The highest BCUT2D eigenvalue weighted by atomic mass is 32.2. The number of hydrogen-bond donors (Lipinski definition) is 0. The van der Waals surface area contributed by atoms with Crippen LogP contribution in [-0.4, -0.2) is 49.1 Å². The molecule has 1 fully saturated rings. The molecule has 0 bridgehead atoms. The molecule has 1 aromatic heterocycles. The van der Waals surface area contributed by atoms with Gasteiger partial charge < -0.3 is 4.90 Å². The maximum absolute atomic E-state index is 12.8. The van der Waals surface area contributed by atoms with E-state index in [9.17, 15) is 8.42 Å². The molecular weight excluding hydrogens is 312 g/mol. The lowest BCUT2D eigenvalue weighted by atomic mass is 10.2. The molecule has 2 heterocycles. The fourth-order valence-corrected chi connectivity index (χ4v) is 4.48. The van der Waals surface area contributed by atoms with Crippen molar-refractivity contribution in [2.45, 2.75) is 18.7 Å². The molecule has 0 spiro atoms. The van der Waals surface area contributed by atoms with E-state index in [1.807, 2.05) is 38.1 Å². The van der Waals surface area contributed by atoms with Gasteiger partial charge in [-0.15, -0.1) is 5.10 Å². The number of anilines is 1. The first kappa shape index (κ1) is 15.9. The van der Waals surface area contributed by atoms with Crippen LogP contribution in [0.25, 0.3) is 0 Å². The summed E-state index contributed by atoms with van der Waals surface area (Å²) < 4.78 is 27.2. The molecule has 0 saturated carbocycles. The first-order valence-electron chi connectivity index (χ1n) is 7.58. The van der Waals surface area contributed by atoms with Gasteiger partial charge in [0.1, 0.15) is 0 Å².